The van der Waals surface area contributed by atoms with Crippen molar-refractivity contribution in [2.45, 2.75) is 18.3 Å². The van der Waals surface area contributed by atoms with E-state index in [1.165, 1.54) is 23.9 Å². The molecule has 1 fully saturated rings. The van der Waals surface area contributed by atoms with Crippen LogP contribution in [0.4, 0.5) is 17.6 Å². The van der Waals surface area contributed by atoms with Crippen LogP contribution in [0.1, 0.15) is 16.1 Å². The lowest BCUT2D eigenvalue weighted by molar-refractivity contribution is -0.141. The van der Waals surface area contributed by atoms with E-state index < -0.39 is 41.3 Å². The van der Waals surface area contributed by atoms with Crippen LogP contribution in [0, 0.1) is 5.82 Å². The average molecular weight is 480 g/mol. The van der Waals surface area contributed by atoms with E-state index in [4.69, 9.17) is 0 Å². The normalized spacial score (nSPS) is 18.3. The number of benzene rings is 1. The Morgan fingerprint density at radius 1 is 1.18 bits per heavy atom. The molecule has 12 heteroatoms. The summed E-state index contributed by atoms with van der Waals surface area (Å²) in [5.41, 5.74) is -2.23. The Morgan fingerprint density at radius 2 is 1.97 bits per heavy atom. The zero-order valence-electron chi connectivity index (χ0n) is 16.7. The molecule has 3 heterocycles. The van der Waals surface area contributed by atoms with Crippen LogP contribution in [0.5, 0.6) is 0 Å². The Balaban J connectivity index is 1.81. The van der Waals surface area contributed by atoms with Crippen LogP contribution in [-0.2, 0) is 6.18 Å². The summed E-state index contributed by atoms with van der Waals surface area (Å²) < 4.78 is 53.1. The molecule has 1 aliphatic rings. The highest BCUT2D eigenvalue weighted by Crippen LogP contribution is 2.28. The maximum atomic E-state index is 13.8. The molecule has 0 bridgehead atoms. The highest BCUT2D eigenvalue weighted by Gasteiger charge is 2.32. The quantitative estimate of drug-likeness (QED) is 0.558. The van der Waals surface area contributed by atoms with E-state index in [1.54, 1.807) is 0 Å². The molecule has 1 aliphatic heterocycles. The predicted molar refractivity (Wildman–Crippen MR) is 113 cm³/mol. The van der Waals surface area contributed by atoms with Crippen molar-refractivity contribution < 1.29 is 27.5 Å². The zero-order chi connectivity index (χ0) is 23.8. The van der Waals surface area contributed by atoms with Gasteiger partial charge in [-0.15, -0.1) is 0 Å². The molecule has 4 rings (SSSR count). The van der Waals surface area contributed by atoms with Gasteiger partial charge >= 0.3 is 6.18 Å². The molecule has 0 aliphatic carbocycles. The van der Waals surface area contributed by atoms with Crippen LogP contribution in [-0.4, -0.2) is 49.4 Å². The molecule has 0 unspecified atom stereocenters. The summed E-state index contributed by atoms with van der Waals surface area (Å²) in [6, 6.07) is 7.34. The molecule has 7 nitrogen and oxygen atoms in total. The minimum Gasteiger partial charge on any atom is -0.390 e. The van der Waals surface area contributed by atoms with Crippen molar-refractivity contribution in [3.05, 3.63) is 76.1 Å². The van der Waals surface area contributed by atoms with Crippen molar-refractivity contribution in [3.8, 4) is 16.9 Å². The number of nitrogens with one attached hydrogen (secondary N) is 1. The van der Waals surface area contributed by atoms with Crippen LogP contribution >= 0.6 is 11.8 Å². The summed E-state index contributed by atoms with van der Waals surface area (Å²) in [4.78, 5) is 29.3. The molecule has 172 valence electrons. The Bertz CT molecular complexity index is 1250. The van der Waals surface area contributed by atoms with Gasteiger partial charge in [0.1, 0.15) is 17.1 Å². The molecule has 0 saturated carbocycles. The minimum atomic E-state index is -4.64. The third kappa shape index (κ3) is 4.91. The first kappa shape index (κ1) is 22.9. The number of nitrogens with zero attached hydrogens (tertiary/aromatic N) is 3. The summed E-state index contributed by atoms with van der Waals surface area (Å²) in [6.45, 7) is 0. The highest BCUT2D eigenvalue weighted by molar-refractivity contribution is 7.99. The van der Waals surface area contributed by atoms with Gasteiger partial charge in [-0.05, 0) is 36.4 Å². The number of carbonyl (C=O) groups excluding carboxylic acids is 1. The van der Waals surface area contributed by atoms with Crippen molar-refractivity contribution >= 4 is 17.7 Å². The standard InChI is InChI=1S/C21H16F4N4O3S/c22-12-2-1-3-13(6-12)29-20(32)14(19(31)27-16-9-33-10-17(16)30)7-15(28-29)11-4-5-18(26-8-11)21(23,24)25/h1-8,16-17,30H,9-10H2,(H,27,31)/t16-,17+/m1/s1. The molecule has 2 N–H and O–H groups in total. The van der Waals surface area contributed by atoms with Crippen molar-refractivity contribution in [2.75, 3.05) is 11.5 Å². The van der Waals surface area contributed by atoms with Crippen LogP contribution in [0.15, 0.2) is 53.5 Å². The molecular weight excluding hydrogens is 464 g/mol. The number of pyridine rings is 1. The van der Waals surface area contributed by atoms with Gasteiger partial charge in [0, 0.05) is 23.3 Å². The number of amides is 1. The first-order valence-corrected chi connectivity index (χ1v) is 10.8. The Kier molecular flexibility index (Phi) is 6.21. The lowest BCUT2D eigenvalue weighted by Gasteiger charge is -2.16. The number of aliphatic hydroxyl groups is 1. The van der Waals surface area contributed by atoms with Gasteiger partial charge in [-0.3, -0.25) is 14.6 Å². The minimum absolute atomic E-state index is 0.0206. The van der Waals surface area contributed by atoms with Crippen LogP contribution < -0.4 is 10.9 Å². The number of aromatic nitrogens is 3. The van der Waals surface area contributed by atoms with E-state index in [1.807, 2.05) is 0 Å². The van der Waals surface area contributed by atoms with E-state index in [0.717, 1.165) is 41.2 Å². The number of hydrogen-bond acceptors (Lipinski definition) is 6. The number of thioether (sulfide) groups is 1. The van der Waals surface area contributed by atoms with Crippen molar-refractivity contribution in [1.82, 2.24) is 20.1 Å². The number of hydrogen-bond donors (Lipinski definition) is 2. The van der Waals surface area contributed by atoms with E-state index in [0.29, 0.717) is 11.5 Å². The second kappa shape index (κ2) is 8.94. The molecule has 3 aromatic rings. The maximum absolute atomic E-state index is 13.8. The lowest BCUT2D eigenvalue weighted by Crippen LogP contribution is -2.44. The molecule has 33 heavy (non-hydrogen) atoms. The topological polar surface area (TPSA) is 97.1 Å². The Morgan fingerprint density at radius 3 is 2.58 bits per heavy atom. The second-order valence-corrected chi connectivity index (χ2v) is 8.33. The molecule has 0 radical (unpaired) electrons. The maximum Gasteiger partial charge on any atom is 0.433 e. The average Bonchev–Trinajstić information content (AvgIpc) is 3.17. The second-order valence-electron chi connectivity index (χ2n) is 7.25. The number of aliphatic hydroxyl groups excluding tert-OH is 1. The molecular formula is C21H16F4N4O3S. The van der Waals surface area contributed by atoms with Crippen LogP contribution in [0.3, 0.4) is 0 Å². The lowest BCUT2D eigenvalue weighted by atomic mass is 10.1. The van der Waals surface area contributed by atoms with E-state index in [9.17, 15) is 32.3 Å². The smallest absolute Gasteiger partial charge is 0.390 e. The van der Waals surface area contributed by atoms with Gasteiger partial charge in [-0.2, -0.15) is 34.7 Å². The fourth-order valence-electron chi connectivity index (χ4n) is 3.22. The first-order chi connectivity index (χ1) is 15.6. The van der Waals surface area contributed by atoms with Crippen LogP contribution in [0.25, 0.3) is 16.9 Å². The van der Waals surface area contributed by atoms with E-state index in [2.05, 4.69) is 15.4 Å². The molecule has 2 atom stereocenters. The fourth-order valence-corrected chi connectivity index (χ4v) is 4.39. The molecule has 0 spiro atoms. The number of halogens is 4. The summed E-state index contributed by atoms with van der Waals surface area (Å²) in [5, 5.41) is 16.7. The van der Waals surface area contributed by atoms with Gasteiger partial charge in [-0.25, -0.2) is 4.39 Å². The molecule has 1 amide bonds. The monoisotopic (exact) mass is 480 g/mol. The first-order valence-electron chi connectivity index (χ1n) is 9.64. The van der Waals surface area contributed by atoms with Gasteiger partial charge in [0.25, 0.3) is 11.5 Å². The SMILES string of the molecule is O=C(N[C@@H]1CSC[C@@H]1O)c1cc(-c2ccc(C(F)(F)F)nc2)nn(-c2cccc(F)c2)c1=O. The molecule has 1 aromatic carbocycles. The summed E-state index contributed by atoms with van der Waals surface area (Å²) in [6.07, 6.45) is -4.51. The molecule has 2 aromatic heterocycles. The molecule has 1 saturated heterocycles. The van der Waals surface area contributed by atoms with Crippen molar-refractivity contribution in [3.63, 3.8) is 0 Å². The van der Waals surface area contributed by atoms with Gasteiger partial charge in [0.15, 0.2) is 0 Å². The van der Waals surface area contributed by atoms with Crippen molar-refractivity contribution in [1.29, 1.82) is 0 Å². The van der Waals surface area contributed by atoms with Crippen molar-refractivity contribution in [2.24, 2.45) is 0 Å². The third-order valence-corrected chi connectivity index (χ3v) is 6.10. The Labute approximate surface area is 188 Å². The van der Waals surface area contributed by atoms with Gasteiger partial charge in [0.05, 0.1) is 23.5 Å². The van der Waals surface area contributed by atoms with E-state index in [-0.39, 0.29) is 22.5 Å². The number of rotatable bonds is 4. The van der Waals surface area contributed by atoms with E-state index >= 15 is 0 Å². The van der Waals surface area contributed by atoms with Gasteiger partial charge < -0.3 is 10.4 Å². The zero-order valence-corrected chi connectivity index (χ0v) is 17.5. The summed E-state index contributed by atoms with van der Waals surface area (Å²) in [5.74, 6) is -0.566. The van der Waals surface area contributed by atoms with Gasteiger partial charge in [-0.1, -0.05) is 6.07 Å². The predicted octanol–water partition coefficient (Wildman–Crippen LogP) is 2.66. The van der Waals surface area contributed by atoms with Gasteiger partial charge in [0.2, 0.25) is 0 Å². The Hall–Kier alpha value is -3.25. The fraction of sp³-hybridized carbons (Fsp3) is 0.238. The third-order valence-electron chi connectivity index (χ3n) is 4.93. The largest absolute Gasteiger partial charge is 0.433 e. The number of alkyl halides is 3. The summed E-state index contributed by atoms with van der Waals surface area (Å²) >= 11 is 1.43. The highest BCUT2D eigenvalue weighted by atomic mass is 32.2. The number of carbonyl (C=O) groups is 1. The van der Waals surface area contributed by atoms with Crippen LogP contribution in [0.2, 0.25) is 0 Å². The summed E-state index contributed by atoms with van der Waals surface area (Å²) in [7, 11) is 0.